The zero-order valence-corrected chi connectivity index (χ0v) is 12.0. The SMILES string of the molecule is NCC(c1cccc(F)c1)C(O)c1cc2c(s1)CCC2. The van der Waals surface area contributed by atoms with Crippen LogP contribution in [0.3, 0.4) is 0 Å². The van der Waals surface area contributed by atoms with Crippen molar-refractivity contribution in [3.63, 3.8) is 0 Å². The Bertz CT molecular complexity index is 589. The molecule has 0 saturated heterocycles. The first-order valence-corrected chi connectivity index (χ1v) is 7.75. The van der Waals surface area contributed by atoms with Crippen molar-refractivity contribution >= 4 is 11.3 Å². The molecule has 2 nitrogen and oxygen atoms in total. The Kier molecular flexibility index (Phi) is 3.87. The van der Waals surface area contributed by atoms with Gasteiger partial charge in [-0.1, -0.05) is 12.1 Å². The maximum absolute atomic E-state index is 13.3. The molecule has 3 rings (SSSR count). The maximum Gasteiger partial charge on any atom is 0.123 e. The van der Waals surface area contributed by atoms with E-state index in [1.807, 2.05) is 6.07 Å². The Morgan fingerprint density at radius 2 is 2.15 bits per heavy atom. The minimum absolute atomic E-state index is 0.260. The molecule has 2 unspecified atom stereocenters. The molecule has 2 aromatic rings. The third-order valence-corrected chi connectivity index (χ3v) is 5.28. The highest BCUT2D eigenvalue weighted by atomic mass is 32.1. The zero-order valence-electron chi connectivity index (χ0n) is 11.2. The van der Waals surface area contributed by atoms with E-state index in [-0.39, 0.29) is 11.7 Å². The number of aryl methyl sites for hydroxylation is 2. The summed E-state index contributed by atoms with van der Waals surface area (Å²) in [6.07, 6.45) is 2.77. The fraction of sp³-hybridized carbons (Fsp3) is 0.375. The molecule has 0 spiro atoms. The monoisotopic (exact) mass is 291 g/mol. The second kappa shape index (κ2) is 5.64. The number of benzene rings is 1. The number of aliphatic hydroxyl groups is 1. The van der Waals surface area contributed by atoms with Crippen LogP contribution in [0.1, 0.15) is 39.3 Å². The summed E-state index contributed by atoms with van der Waals surface area (Å²) >= 11 is 1.67. The third-order valence-electron chi connectivity index (χ3n) is 3.97. The van der Waals surface area contributed by atoms with Crippen LogP contribution in [0.5, 0.6) is 0 Å². The van der Waals surface area contributed by atoms with Crippen LogP contribution in [0.4, 0.5) is 4.39 Å². The Morgan fingerprint density at radius 1 is 1.30 bits per heavy atom. The smallest absolute Gasteiger partial charge is 0.123 e. The van der Waals surface area contributed by atoms with Gasteiger partial charge in [-0.2, -0.15) is 0 Å². The number of fused-ring (bicyclic) bond motifs is 1. The summed E-state index contributed by atoms with van der Waals surface area (Å²) in [6.45, 7) is 0.299. The van der Waals surface area contributed by atoms with E-state index in [1.54, 1.807) is 17.4 Å². The minimum Gasteiger partial charge on any atom is -0.387 e. The average molecular weight is 291 g/mol. The molecule has 1 aliphatic rings. The van der Waals surface area contributed by atoms with Gasteiger partial charge in [-0.05, 0) is 48.6 Å². The lowest BCUT2D eigenvalue weighted by molar-refractivity contribution is 0.151. The van der Waals surface area contributed by atoms with Crippen molar-refractivity contribution in [1.82, 2.24) is 0 Å². The van der Waals surface area contributed by atoms with Gasteiger partial charge in [0.25, 0.3) is 0 Å². The maximum atomic E-state index is 13.3. The van der Waals surface area contributed by atoms with Crippen LogP contribution in [0.15, 0.2) is 30.3 Å². The molecule has 0 aliphatic heterocycles. The highest BCUT2D eigenvalue weighted by molar-refractivity contribution is 7.12. The summed E-state index contributed by atoms with van der Waals surface area (Å²) in [5.74, 6) is -0.550. The molecule has 1 aromatic carbocycles. The van der Waals surface area contributed by atoms with Gasteiger partial charge >= 0.3 is 0 Å². The molecule has 20 heavy (non-hydrogen) atoms. The van der Waals surface area contributed by atoms with E-state index in [4.69, 9.17) is 5.73 Å². The number of thiophene rings is 1. The Morgan fingerprint density at radius 3 is 2.85 bits per heavy atom. The van der Waals surface area contributed by atoms with Crippen molar-refractivity contribution in [3.05, 3.63) is 57.0 Å². The molecule has 0 bridgehead atoms. The first-order valence-electron chi connectivity index (χ1n) is 6.94. The van der Waals surface area contributed by atoms with Gasteiger partial charge in [0.2, 0.25) is 0 Å². The molecule has 0 radical (unpaired) electrons. The lowest BCUT2D eigenvalue weighted by Gasteiger charge is -2.21. The van der Waals surface area contributed by atoms with Crippen LogP contribution >= 0.6 is 11.3 Å². The Hall–Kier alpha value is -1.23. The quantitative estimate of drug-likeness (QED) is 0.909. The lowest BCUT2D eigenvalue weighted by atomic mass is 9.92. The standard InChI is InChI=1S/C16H18FNOS/c17-12-5-1-3-10(7-12)13(9-18)16(19)15-8-11-4-2-6-14(11)20-15/h1,3,5,7-8,13,16,19H,2,4,6,9,18H2. The molecular formula is C16H18FNOS. The number of halogens is 1. The average Bonchev–Trinajstić information content (AvgIpc) is 3.00. The van der Waals surface area contributed by atoms with Crippen molar-refractivity contribution in [3.8, 4) is 0 Å². The normalized spacial score (nSPS) is 16.9. The Balaban J connectivity index is 1.88. The second-order valence-corrected chi connectivity index (χ2v) is 6.46. The van der Waals surface area contributed by atoms with E-state index >= 15 is 0 Å². The van der Waals surface area contributed by atoms with Crippen molar-refractivity contribution in [2.45, 2.75) is 31.3 Å². The van der Waals surface area contributed by atoms with Crippen LogP contribution in [-0.4, -0.2) is 11.7 Å². The number of hydrogen-bond donors (Lipinski definition) is 2. The van der Waals surface area contributed by atoms with E-state index in [9.17, 15) is 9.50 Å². The highest BCUT2D eigenvalue weighted by Crippen LogP contribution is 2.38. The summed E-state index contributed by atoms with van der Waals surface area (Å²) < 4.78 is 13.3. The number of hydrogen-bond acceptors (Lipinski definition) is 3. The van der Waals surface area contributed by atoms with Crippen molar-refractivity contribution in [1.29, 1.82) is 0 Å². The van der Waals surface area contributed by atoms with Crippen LogP contribution in [0.25, 0.3) is 0 Å². The molecular weight excluding hydrogens is 273 g/mol. The summed E-state index contributed by atoms with van der Waals surface area (Å²) in [5, 5.41) is 10.6. The van der Waals surface area contributed by atoms with E-state index < -0.39 is 6.10 Å². The molecule has 4 heteroatoms. The van der Waals surface area contributed by atoms with Gasteiger partial charge in [-0.3, -0.25) is 0 Å². The van der Waals surface area contributed by atoms with Gasteiger partial charge < -0.3 is 10.8 Å². The molecule has 0 saturated carbocycles. The highest BCUT2D eigenvalue weighted by Gasteiger charge is 2.25. The predicted octanol–water partition coefficient (Wildman–Crippen LogP) is 3.15. The van der Waals surface area contributed by atoms with E-state index in [0.29, 0.717) is 6.54 Å². The van der Waals surface area contributed by atoms with Crippen molar-refractivity contribution in [2.75, 3.05) is 6.54 Å². The van der Waals surface area contributed by atoms with Crippen molar-refractivity contribution in [2.24, 2.45) is 5.73 Å². The molecule has 0 fully saturated rings. The van der Waals surface area contributed by atoms with Gasteiger partial charge in [0.15, 0.2) is 0 Å². The number of rotatable bonds is 4. The largest absolute Gasteiger partial charge is 0.387 e. The fourth-order valence-electron chi connectivity index (χ4n) is 2.88. The molecule has 0 amide bonds. The molecule has 1 aromatic heterocycles. The van der Waals surface area contributed by atoms with Crippen LogP contribution < -0.4 is 5.73 Å². The zero-order chi connectivity index (χ0) is 14.1. The molecule has 1 aliphatic carbocycles. The van der Waals surface area contributed by atoms with Gasteiger partial charge in [0, 0.05) is 22.2 Å². The fourth-order valence-corrected chi connectivity index (χ4v) is 4.19. The van der Waals surface area contributed by atoms with E-state index in [1.165, 1.54) is 29.0 Å². The summed E-state index contributed by atoms with van der Waals surface area (Å²) in [4.78, 5) is 2.34. The van der Waals surface area contributed by atoms with E-state index in [0.717, 1.165) is 23.3 Å². The van der Waals surface area contributed by atoms with Gasteiger partial charge in [0.05, 0.1) is 6.10 Å². The summed E-state index contributed by atoms with van der Waals surface area (Å²) in [5.41, 5.74) is 7.92. The first kappa shape index (κ1) is 13.7. The third kappa shape index (κ3) is 2.51. The predicted molar refractivity (Wildman–Crippen MR) is 79.5 cm³/mol. The number of aliphatic hydroxyl groups excluding tert-OH is 1. The Labute approximate surface area is 122 Å². The minimum atomic E-state index is -0.655. The van der Waals surface area contributed by atoms with Crippen molar-refractivity contribution < 1.29 is 9.50 Å². The summed E-state index contributed by atoms with van der Waals surface area (Å²) in [7, 11) is 0. The lowest BCUT2D eigenvalue weighted by Crippen LogP contribution is -2.19. The molecule has 106 valence electrons. The second-order valence-electron chi connectivity index (χ2n) is 5.29. The van der Waals surface area contributed by atoms with E-state index in [2.05, 4.69) is 6.07 Å². The summed E-state index contributed by atoms with van der Waals surface area (Å²) in [6, 6.07) is 8.45. The molecule has 2 atom stereocenters. The topological polar surface area (TPSA) is 46.2 Å². The van der Waals surface area contributed by atoms with Gasteiger partial charge in [-0.15, -0.1) is 11.3 Å². The van der Waals surface area contributed by atoms with Gasteiger partial charge in [0.1, 0.15) is 5.82 Å². The van der Waals surface area contributed by atoms with Gasteiger partial charge in [-0.25, -0.2) is 4.39 Å². The number of nitrogens with two attached hydrogens (primary N) is 1. The molecule has 1 heterocycles. The molecule has 3 N–H and O–H groups in total. The van der Waals surface area contributed by atoms with Crippen LogP contribution in [0.2, 0.25) is 0 Å². The van der Waals surface area contributed by atoms with Crippen LogP contribution in [-0.2, 0) is 12.8 Å². The first-order chi connectivity index (χ1) is 9.69. The van der Waals surface area contributed by atoms with Crippen LogP contribution in [0, 0.1) is 5.82 Å².